The van der Waals surface area contributed by atoms with Crippen LogP contribution in [-0.4, -0.2) is 45.6 Å². The molecule has 0 unspecified atom stereocenters. The van der Waals surface area contributed by atoms with Crippen molar-refractivity contribution in [2.45, 2.75) is 12.5 Å². The first-order valence-electron chi connectivity index (χ1n) is 11.7. The Hall–Kier alpha value is -4.36. The van der Waals surface area contributed by atoms with Gasteiger partial charge in [0.2, 0.25) is 10.0 Å². The first kappa shape index (κ1) is 27.2. The molecular weight excluding hydrogens is 566 g/mol. The van der Waals surface area contributed by atoms with E-state index in [2.05, 4.69) is 15.1 Å². The van der Waals surface area contributed by atoms with E-state index in [1.807, 2.05) is 0 Å². The van der Waals surface area contributed by atoms with Gasteiger partial charge in [-0.3, -0.25) is 9.40 Å². The van der Waals surface area contributed by atoms with Gasteiger partial charge in [0.15, 0.2) is 5.82 Å². The third kappa shape index (κ3) is 5.51. The molecule has 0 saturated carbocycles. The quantitative estimate of drug-likeness (QED) is 0.243. The lowest BCUT2D eigenvalue weighted by Crippen LogP contribution is -2.30. The lowest BCUT2D eigenvalue weighted by molar-refractivity contribution is 0.189. The van der Waals surface area contributed by atoms with Gasteiger partial charge in [-0.15, -0.1) is 0 Å². The normalized spacial score (nSPS) is 12.5. The molecule has 0 saturated heterocycles. The lowest BCUT2D eigenvalue weighted by Gasteiger charge is -2.21. The topological polar surface area (TPSA) is 139 Å². The van der Waals surface area contributed by atoms with Crippen LogP contribution in [0.4, 0.5) is 19.4 Å². The van der Waals surface area contributed by atoms with Crippen molar-refractivity contribution in [1.29, 1.82) is 0 Å². The van der Waals surface area contributed by atoms with Gasteiger partial charge in [-0.25, -0.2) is 32.0 Å². The van der Waals surface area contributed by atoms with Gasteiger partial charge >= 0.3 is 6.09 Å². The van der Waals surface area contributed by atoms with E-state index in [0.29, 0.717) is 27.5 Å². The minimum atomic E-state index is -3.70. The highest BCUT2D eigenvalue weighted by Crippen LogP contribution is 2.39. The molecule has 0 aliphatic carbocycles. The Bertz CT molecular complexity index is 1890. The van der Waals surface area contributed by atoms with Crippen LogP contribution < -0.4 is 10.0 Å². The van der Waals surface area contributed by atoms with Gasteiger partial charge in [-0.1, -0.05) is 23.7 Å². The van der Waals surface area contributed by atoms with E-state index in [-0.39, 0.29) is 34.2 Å². The third-order valence-electron chi connectivity index (χ3n) is 6.06. The molecule has 3 aromatic carbocycles. The highest BCUT2D eigenvalue weighted by molar-refractivity contribution is 7.92. The van der Waals surface area contributed by atoms with Crippen molar-refractivity contribution in [2.24, 2.45) is 7.05 Å². The molecule has 0 aliphatic rings. The molecular formula is C26H21ClF2N6O4S. The number of sulfonamides is 1. The van der Waals surface area contributed by atoms with E-state index >= 15 is 0 Å². The maximum Gasteiger partial charge on any atom is 0.405 e. The highest BCUT2D eigenvalue weighted by Gasteiger charge is 2.27. The Labute approximate surface area is 231 Å². The van der Waals surface area contributed by atoms with E-state index in [0.717, 1.165) is 24.5 Å². The van der Waals surface area contributed by atoms with Gasteiger partial charge in [0.05, 0.1) is 50.6 Å². The van der Waals surface area contributed by atoms with Crippen LogP contribution in [0.5, 0.6) is 0 Å². The zero-order valence-corrected chi connectivity index (χ0v) is 22.6. The summed E-state index contributed by atoms with van der Waals surface area (Å²) in [5.74, 6) is -1.62. The summed E-state index contributed by atoms with van der Waals surface area (Å²) < 4.78 is 55.8. The SMILES string of the molecule is Cn1nc(NS(C)(=O)=O)c2c(Cl)ccc(-c3nc4ccccc4nc3[C@@H](Cc3cc(F)cc(F)c3)NC(=O)O)c21. The molecule has 5 aromatic rings. The molecule has 2 aromatic heterocycles. The molecule has 0 spiro atoms. The summed E-state index contributed by atoms with van der Waals surface area (Å²) in [6, 6.07) is 12.0. The summed E-state index contributed by atoms with van der Waals surface area (Å²) in [7, 11) is -2.11. The van der Waals surface area contributed by atoms with Crippen molar-refractivity contribution in [1.82, 2.24) is 25.1 Å². The number of fused-ring (bicyclic) bond motifs is 2. The number of amides is 1. The average Bonchev–Trinajstić information content (AvgIpc) is 3.17. The number of nitrogens with zero attached hydrogens (tertiary/aromatic N) is 4. The summed E-state index contributed by atoms with van der Waals surface area (Å²) in [4.78, 5) is 21.4. The number of nitrogens with one attached hydrogen (secondary N) is 2. The number of halogens is 3. The van der Waals surface area contributed by atoms with Crippen molar-refractivity contribution < 1.29 is 27.1 Å². The highest BCUT2D eigenvalue weighted by atomic mass is 35.5. The van der Waals surface area contributed by atoms with Crippen molar-refractivity contribution in [3.05, 3.63) is 82.5 Å². The monoisotopic (exact) mass is 586 g/mol. The number of benzene rings is 3. The Morgan fingerprint density at radius 3 is 2.35 bits per heavy atom. The predicted molar refractivity (Wildman–Crippen MR) is 147 cm³/mol. The van der Waals surface area contributed by atoms with Gasteiger partial charge in [0.1, 0.15) is 11.6 Å². The minimum Gasteiger partial charge on any atom is -0.465 e. The summed E-state index contributed by atoms with van der Waals surface area (Å²) in [5, 5.41) is 16.9. The molecule has 10 nitrogen and oxygen atoms in total. The van der Waals surface area contributed by atoms with E-state index in [4.69, 9.17) is 21.6 Å². The second kappa shape index (κ2) is 10.3. The van der Waals surface area contributed by atoms with Crippen LogP contribution in [0.15, 0.2) is 54.6 Å². The minimum absolute atomic E-state index is 0.00223. The first-order valence-corrected chi connectivity index (χ1v) is 14.0. The van der Waals surface area contributed by atoms with Crippen LogP contribution in [0.3, 0.4) is 0 Å². The summed E-state index contributed by atoms with van der Waals surface area (Å²) in [5.41, 5.74) is 2.38. The average molecular weight is 587 g/mol. The third-order valence-corrected chi connectivity index (χ3v) is 6.94. The molecule has 1 amide bonds. The number of aromatic nitrogens is 4. The summed E-state index contributed by atoms with van der Waals surface area (Å²) >= 11 is 6.48. The van der Waals surface area contributed by atoms with Crippen LogP contribution in [0, 0.1) is 11.6 Å². The first-order chi connectivity index (χ1) is 18.9. The van der Waals surface area contributed by atoms with E-state index in [1.54, 1.807) is 37.4 Å². The Balaban J connectivity index is 1.79. The van der Waals surface area contributed by atoms with Crippen LogP contribution in [0.2, 0.25) is 5.02 Å². The predicted octanol–water partition coefficient (Wildman–Crippen LogP) is 5.04. The number of carbonyl (C=O) groups is 1. The standard InChI is InChI=1S/C26H21ClF2N6O4S/c1-35-24-16(7-8-17(27)21(24)25(33-35)34-40(2,38)39)22-23(31-19-6-4-3-5-18(19)30-22)20(32-26(36)37)11-13-9-14(28)12-15(29)10-13/h3-10,12,20,32H,11H2,1-2H3,(H,33,34)(H,36,37)/t20-/m1/s1. The van der Waals surface area contributed by atoms with Crippen molar-refractivity contribution in [2.75, 3.05) is 11.0 Å². The fourth-order valence-corrected chi connectivity index (χ4v) is 5.34. The van der Waals surface area contributed by atoms with Gasteiger partial charge in [-0.2, -0.15) is 5.10 Å². The molecule has 40 heavy (non-hydrogen) atoms. The van der Waals surface area contributed by atoms with Gasteiger partial charge < -0.3 is 10.4 Å². The molecule has 0 aliphatic heterocycles. The Kier molecular flexibility index (Phi) is 7.02. The zero-order valence-electron chi connectivity index (χ0n) is 21.0. The number of aryl methyl sites for hydroxylation is 1. The lowest BCUT2D eigenvalue weighted by atomic mass is 9.97. The fraction of sp³-hybridized carbons (Fsp3) is 0.154. The van der Waals surface area contributed by atoms with Crippen LogP contribution in [0.25, 0.3) is 33.2 Å². The van der Waals surface area contributed by atoms with Crippen LogP contribution in [0.1, 0.15) is 17.3 Å². The van der Waals surface area contributed by atoms with Gasteiger partial charge in [0.25, 0.3) is 0 Å². The van der Waals surface area contributed by atoms with Crippen LogP contribution >= 0.6 is 11.6 Å². The summed E-state index contributed by atoms with van der Waals surface area (Å²) in [6.07, 6.45) is -0.552. The van der Waals surface area contributed by atoms with Crippen molar-refractivity contribution in [3.8, 4) is 11.3 Å². The largest absolute Gasteiger partial charge is 0.465 e. The zero-order chi connectivity index (χ0) is 28.8. The summed E-state index contributed by atoms with van der Waals surface area (Å²) in [6.45, 7) is 0. The number of rotatable bonds is 7. The molecule has 14 heteroatoms. The smallest absolute Gasteiger partial charge is 0.405 e. The molecule has 3 N–H and O–H groups in total. The van der Waals surface area contributed by atoms with E-state index in [1.165, 1.54) is 10.7 Å². The number of para-hydroxylation sites is 2. The number of hydrogen-bond donors (Lipinski definition) is 3. The second-order valence-electron chi connectivity index (χ2n) is 9.10. The van der Waals surface area contributed by atoms with E-state index in [9.17, 15) is 27.1 Å². The second-order valence-corrected chi connectivity index (χ2v) is 11.3. The number of carboxylic acid groups (broad SMARTS) is 1. The molecule has 5 rings (SSSR count). The van der Waals surface area contributed by atoms with Crippen molar-refractivity contribution >= 4 is 55.5 Å². The Morgan fingerprint density at radius 2 is 1.73 bits per heavy atom. The number of hydrogen-bond acceptors (Lipinski definition) is 6. The van der Waals surface area contributed by atoms with Crippen molar-refractivity contribution in [3.63, 3.8) is 0 Å². The molecule has 0 radical (unpaired) electrons. The Morgan fingerprint density at radius 1 is 1.07 bits per heavy atom. The molecule has 2 heterocycles. The maximum absolute atomic E-state index is 14.0. The van der Waals surface area contributed by atoms with Gasteiger partial charge in [-0.05, 0) is 48.4 Å². The molecule has 1 atom stereocenters. The fourth-order valence-electron chi connectivity index (χ4n) is 4.60. The molecule has 0 bridgehead atoms. The van der Waals surface area contributed by atoms with Crippen LogP contribution in [-0.2, 0) is 23.5 Å². The number of anilines is 1. The maximum atomic E-state index is 14.0. The van der Waals surface area contributed by atoms with E-state index < -0.39 is 33.8 Å². The molecule has 0 fully saturated rings. The molecule has 206 valence electrons. The van der Waals surface area contributed by atoms with Gasteiger partial charge in [0, 0.05) is 18.7 Å².